The zero-order valence-electron chi connectivity index (χ0n) is 20.4. The molecule has 0 heterocycles. The zero-order valence-corrected chi connectivity index (χ0v) is 21.2. The van der Waals surface area contributed by atoms with E-state index in [4.69, 9.17) is 4.74 Å². The Balaban J connectivity index is 1.60. The van der Waals surface area contributed by atoms with Gasteiger partial charge in [-0.05, 0) is 57.9 Å². The Morgan fingerprint density at radius 1 is 0.912 bits per heavy atom. The second kappa shape index (κ2) is 12.2. The second-order valence-corrected chi connectivity index (χ2v) is 10.8. The van der Waals surface area contributed by atoms with Gasteiger partial charge in [-0.15, -0.1) is 0 Å². The van der Waals surface area contributed by atoms with Gasteiger partial charge in [0.2, 0.25) is 11.0 Å². The van der Waals surface area contributed by atoms with Gasteiger partial charge in [0, 0.05) is 23.8 Å². The number of hydrogen-bond donors (Lipinski definition) is 0. The van der Waals surface area contributed by atoms with Crippen LogP contribution in [0.25, 0.3) is 0 Å². The lowest BCUT2D eigenvalue weighted by Gasteiger charge is -2.37. The number of thioether (sulfide) groups is 1. The molecule has 0 N–H and O–H groups in total. The van der Waals surface area contributed by atoms with Crippen LogP contribution in [0, 0.1) is 0 Å². The molecule has 0 radical (unpaired) electrons. The summed E-state index contributed by atoms with van der Waals surface area (Å²) in [6, 6.07) is 19.6. The molecule has 1 aliphatic rings. The number of amides is 1. The highest BCUT2D eigenvalue weighted by molar-refractivity contribution is 8.14. The second-order valence-electron chi connectivity index (χ2n) is 9.78. The van der Waals surface area contributed by atoms with Crippen LogP contribution in [0.2, 0.25) is 0 Å². The molecule has 1 amide bonds. The number of nitrogens with zero attached hydrogens (tertiary/aromatic N) is 1. The lowest BCUT2D eigenvalue weighted by atomic mass is 9.81. The highest BCUT2D eigenvalue weighted by Gasteiger charge is 2.32. The number of carbonyl (C=O) groups is 3. The van der Waals surface area contributed by atoms with Crippen LogP contribution in [0.15, 0.2) is 60.7 Å². The van der Waals surface area contributed by atoms with Crippen molar-refractivity contribution in [3.8, 4) is 0 Å². The molecular formula is C28H35NO4S. The van der Waals surface area contributed by atoms with Gasteiger partial charge in [-0.25, -0.2) is 0 Å². The van der Waals surface area contributed by atoms with E-state index in [2.05, 4.69) is 24.3 Å². The highest BCUT2D eigenvalue weighted by Crippen LogP contribution is 2.35. The number of esters is 1. The van der Waals surface area contributed by atoms with E-state index in [0.717, 1.165) is 37.4 Å². The van der Waals surface area contributed by atoms with Gasteiger partial charge in [0.15, 0.2) is 0 Å². The molecule has 0 bridgehead atoms. The van der Waals surface area contributed by atoms with Crippen molar-refractivity contribution in [1.29, 1.82) is 0 Å². The van der Waals surface area contributed by atoms with Gasteiger partial charge in [-0.3, -0.25) is 14.4 Å². The Morgan fingerprint density at radius 3 is 2.09 bits per heavy atom. The first-order valence-electron chi connectivity index (χ1n) is 12.0. The summed E-state index contributed by atoms with van der Waals surface area (Å²) in [6.45, 7) is 5.43. The van der Waals surface area contributed by atoms with Crippen LogP contribution in [0.1, 0.15) is 74.7 Å². The summed E-state index contributed by atoms with van der Waals surface area (Å²) >= 11 is 1.15. The first-order valence-corrected chi connectivity index (χ1v) is 13.0. The third-order valence-electron chi connectivity index (χ3n) is 6.01. The number of rotatable bonds is 8. The van der Waals surface area contributed by atoms with Crippen molar-refractivity contribution in [2.24, 2.45) is 0 Å². The van der Waals surface area contributed by atoms with Crippen molar-refractivity contribution in [1.82, 2.24) is 4.90 Å². The molecule has 0 atom stereocenters. The van der Waals surface area contributed by atoms with Crippen molar-refractivity contribution in [2.45, 2.75) is 70.4 Å². The van der Waals surface area contributed by atoms with E-state index < -0.39 is 5.60 Å². The molecule has 1 fully saturated rings. The molecule has 1 saturated carbocycles. The summed E-state index contributed by atoms with van der Waals surface area (Å²) in [5, 5.41) is -0.0459. The minimum absolute atomic E-state index is 0.00908. The molecule has 0 spiro atoms. The van der Waals surface area contributed by atoms with Crippen LogP contribution in [0.3, 0.4) is 0 Å². The normalized spacial score (nSPS) is 18.2. The molecule has 0 aromatic heterocycles. The summed E-state index contributed by atoms with van der Waals surface area (Å²) in [5.74, 6) is 0.382. The van der Waals surface area contributed by atoms with Crippen molar-refractivity contribution in [2.75, 3.05) is 12.3 Å². The summed E-state index contributed by atoms with van der Waals surface area (Å²) < 4.78 is 5.51. The molecule has 2 aromatic carbocycles. The van der Waals surface area contributed by atoms with Gasteiger partial charge in [-0.1, -0.05) is 72.4 Å². The predicted molar refractivity (Wildman–Crippen MR) is 137 cm³/mol. The van der Waals surface area contributed by atoms with Gasteiger partial charge in [0.05, 0.1) is 0 Å². The van der Waals surface area contributed by atoms with Crippen LogP contribution in [-0.2, 0) is 14.3 Å². The molecule has 2 aromatic rings. The quantitative estimate of drug-likeness (QED) is 0.443. The van der Waals surface area contributed by atoms with Gasteiger partial charge < -0.3 is 9.64 Å². The third-order valence-corrected chi connectivity index (χ3v) is 6.91. The number of hydrogen-bond acceptors (Lipinski definition) is 5. The highest BCUT2D eigenvalue weighted by atomic mass is 32.2. The molecular weight excluding hydrogens is 446 g/mol. The summed E-state index contributed by atoms with van der Waals surface area (Å²) in [5.41, 5.74) is 1.36. The topological polar surface area (TPSA) is 63.7 Å². The minimum atomic E-state index is -0.602. The number of ether oxygens (including phenoxy) is 1. The van der Waals surface area contributed by atoms with E-state index in [1.54, 1.807) is 17.0 Å². The average molecular weight is 482 g/mol. The smallest absolute Gasteiger partial charge is 0.326 e. The molecule has 6 heteroatoms. The summed E-state index contributed by atoms with van der Waals surface area (Å²) in [7, 11) is 0. The first kappa shape index (κ1) is 26.0. The monoisotopic (exact) mass is 481 g/mol. The Hall–Kier alpha value is -2.60. The van der Waals surface area contributed by atoms with Gasteiger partial charge in [-0.2, -0.15) is 0 Å². The van der Waals surface area contributed by atoms with Crippen LogP contribution in [0.5, 0.6) is 0 Å². The average Bonchev–Trinajstić information content (AvgIpc) is 2.82. The van der Waals surface area contributed by atoms with Gasteiger partial charge in [0.1, 0.15) is 12.1 Å². The van der Waals surface area contributed by atoms with Gasteiger partial charge >= 0.3 is 5.97 Å². The maximum Gasteiger partial charge on any atom is 0.326 e. The molecule has 34 heavy (non-hydrogen) atoms. The Bertz CT molecular complexity index is 947. The molecule has 3 rings (SSSR count). The van der Waals surface area contributed by atoms with Crippen LogP contribution < -0.4 is 0 Å². The lowest BCUT2D eigenvalue weighted by Crippen LogP contribution is -2.46. The van der Waals surface area contributed by atoms with E-state index >= 15 is 0 Å². The zero-order chi connectivity index (χ0) is 24.6. The standard InChI is InChI=1S/C28H35NO4S/c1-28(2,3)33-26(31)20-29(24-16-14-22(15-17-24)21-10-6-4-7-11-21)25(30)18-19-34-27(32)23-12-8-5-9-13-23/h4-13,22,24H,14-20H2,1-3H3/t22-,24-. The van der Waals surface area contributed by atoms with Crippen LogP contribution in [-0.4, -0.2) is 45.8 Å². The van der Waals surface area contributed by atoms with Crippen molar-refractivity contribution >= 4 is 28.8 Å². The molecule has 0 aliphatic heterocycles. The molecule has 1 aliphatic carbocycles. The summed E-state index contributed by atoms with van der Waals surface area (Å²) in [4.78, 5) is 39.9. The molecule has 0 saturated heterocycles. The van der Waals surface area contributed by atoms with Crippen molar-refractivity contribution in [3.05, 3.63) is 71.8 Å². The lowest BCUT2D eigenvalue weighted by molar-refractivity contribution is -0.160. The van der Waals surface area contributed by atoms with Crippen molar-refractivity contribution < 1.29 is 19.1 Å². The maximum atomic E-state index is 13.2. The number of carbonyl (C=O) groups excluding carboxylic acids is 3. The Labute approximate surface area is 207 Å². The Morgan fingerprint density at radius 2 is 1.50 bits per heavy atom. The SMILES string of the molecule is CC(C)(C)OC(=O)CN(C(=O)CCSC(=O)c1ccccc1)[C@H]1CC[C@H](c2ccccc2)CC1. The van der Waals surface area contributed by atoms with E-state index in [0.29, 0.717) is 17.2 Å². The van der Waals surface area contributed by atoms with E-state index in [-0.39, 0.29) is 36.0 Å². The molecule has 182 valence electrons. The third kappa shape index (κ3) is 8.01. The van der Waals surface area contributed by atoms with E-state index in [1.165, 1.54) is 5.56 Å². The Kier molecular flexibility index (Phi) is 9.34. The van der Waals surface area contributed by atoms with Crippen LogP contribution >= 0.6 is 11.8 Å². The predicted octanol–water partition coefficient (Wildman–Crippen LogP) is 5.85. The van der Waals surface area contributed by atoms with Crippen LogP contribution in [0.4, 0.5) is 0 Å². The van der Waals surface area contributed by atoms with Gasteiger partial charge in [0.25, 0.3) is 0 Å². The largest absolute Gasteiger partial charge is 0.459 e. The molecule has 0 unspecified atom stereocenters. The van der Waals surface area contributed by atoms with E-state index in [1.807, 2.05) is 45.0 Å². The minimum Gasteiger partial charge on any atom is -0.459 e. The first-order chi connectivity index (χ1) is 16.2. The van der Waals surface area contributed by atoms with Crippen molar-refractivity contribution in [3.63, 3.8) is 0 Å². The molecule has 5 nitrogen and oxygen atoms in total. The fourth-order valence-corrected chi connectivity index (χ4v) is 5.18. The van der Waals surface area contributed by atoms with E-state index in [9.17, 15) is 14.4 Å². The fraction of sp³-hybridized carbons (Fsp3) is 0.464. The maximum absolute atomic E-state index is 13.2. The summed E-state index contributed by atoms with van der Waals surface area (Å²) in [6.07, 6.45) is 3.88. The number of benzene rings is 2. The fourth-order valence-electron chi connectivity index (χ4n) is 4.41.